The Kier molecular flexibility index (Phi) is 8.78. The van der Waals surface area contributed by atoms with Gasteiger partial charge in [0.1, 0.15) is 12.4 Å². The number of aromatic nitrogens is 1. The number of nitriles is 1. The average molecular weight is 663 g/mol. The van der Waals surface area contributed by atoms with Gasteiger partial charge < -0.3 is 9.47 Å². The molecule has 0 saturated carbocycles. The molecule has 0 bridgehead atoms. The Labute approximate surface area is 259 Å². The van der Waals surface area contributed by atoms with E-state index in [-0.39, 0.29) is 18.8 Å². The first-order chi connectivity index (χ1) is 20.2. The van der Waals surface area contributed by atoms with Crippen LogP contribution in [0.2, 0.25) is 5.02 Å². The molecule has 1 aliphatic rings. The highest BCUT2D eigenvalue weighted by atomic mass is 79.9. The topological polar surface area (TPSA) is 93.7 Å². The second-order valence-electron chi connectivity index (χ2n) is 9.58. The Balaban J connectivity index is 1.65. The number of esters is 1. The Morgan fingerprint density at radius 2 is 1.93 bits per heavy atom. The molecule has 212 valence electrons. The minimum absolute atomic E-state index is 0.140. The second-order valence-corrected chi connectivity index (χ2v) is 11.9. The van der Waals surface area contributed by atoms with Crippen molar-refractivity contribution in [2.45, 2.75) is 33.4 Å². The molecule has 0 saturated heterocycles. The first-order valence-electron chi connectivity index (χ1n) is 13.1. The van der Waals surface area contributed by atoms with Crippen molar-refractivity contribution in [2.75, 3.05) is 6.61 Å². The summed E-state index contributed by atoms with van der Waals surface area (Å²) in [5.41, 5.74) is 4.16. The molecule has 1 aliphatic heterocycles. The minimum Gasteiger partial charge on any atom is -0.487 e. The third-order valence-corrected chi connectivity index (χ3v) is 8.53. The van der Waals surface area contributed by atoms with Crippen LogP contribution in [0.4, 0.5) is 0 Å². The maximum atomic E-state index is 14.0. The summed E-state index contributed by atoms with van der Waals surface area (Å²) in [6.45, 7) is 5.81. The van der Waals surface area contributed by atoms with Gasteiger partial charge in [-0.15, -0.1) is 0 Å². The maximum absolute atomic E-state index is 14.0. The molecule has 7 nitrogen and oxygen atoms in total. The highest BCUT2D eigenvalue weighted by Gasteiger charge is 2.33. The van der Waals surface area contributed by atoms with Crippen molar-refractivity contribution in [2.24, 2.45) is 4.99 Å². The molecule has 2 heterocycles. The van der Waals surface area contributed by atoms with Crippen LogP contribution in [-0.2, 0) is 16.1 Å². The zero-order valence-electron chi connectivity index (χ0n) is 23.0. The molecule has 0 radical (unpaired) electrons. The lowest BCUT2D eigenvalue weighted by molar-refractivity contribution is -0.139. The number of carbonyl (C=O) groups excluding carboxylic acids is 1. The number of allylic oxidation sites excluding steroid dienone is 1. The fraction of sp³-hybridized carbons (Fsp3) is 0.188. The predicted octanol–water partition coefficient (Wildman–Crippen LogP) is 5.97. The lowest BCUT2D eigenvalue weighted by atomic mass is 9.95. The first-order valence-corrected chi connectivity index (χ1v) is 15.1. The van der Waals surface area contributed by atoms with E-state index in [1.54, 1.807) is 48.8 Å². The number of nitrogens with zero attached hydrogens (tertiary/aromatic N) is 3. The number of hydrogen-bond donors (Lipinski definition) is 0. The fourth-order valence-corrected chi connectivity index (χ4v) is 6.73. The predicted molar refractivity (Wildman–Crippen MR) is 166 cm³/mol. The third-order valence-electron chi connectivity index (χ3n) is 6.74. The molecule has 1 atom stereocenters. The highest BCUT2D eigenvalue weighted by Crippen LogP contribution is 2.35. The highest BCUT2D eigenvalue weighted by molar-refractivity contribution is 9.10. The normalized spacial score (nSPS) is 14.7. The van der Waals surface area contributed by atoms with E-state index in [9.17, 15) is 14.9 Å². The SMILES string of the molecule is CCOC(=O)C1=C(C)N=c2s/c(=C\c3cc(Cl)cc(Br)c3OCc3ccccc3C#N)c(=O)n2[C@@H]1c1ccc(C)cc1. The van der Waals surface area contributed by atoms with Crippen molar-refractivity contribution in [3.63, 3.8) is 0 Å². The van der Waals surface area contributed by atoms with Crippen molar-refractivity contribution >= 4 is 50.9 Å². The molecule has 0 spiro atoms. The number of ether oxygens (including phenoxy) is 2. The Morgan fingerprint density at radius 3 is 2.64 bits per heavy atom. The van der Waals surface area contributed by atoms with Gasteiger partial charge in [-0.3, -0.25) is 9.36 Å². The summed E-state index contributed by atoms with van der Waals surface area (Å²) in [7, 11) is 0. The van der Waals surface area contributed by atoms with Crippen LogP contribution in [0.5, 0.6) is 5.75 Å². The molecule has 42 heavy (non-hydrogen) atoms. The van der Waals surface area contributed by atoms with Gasteiger partial charge in [0.15, 0.2) is 4.80 Å². The van der Waals surface area contributed by atoms with Gasteiger partial charge in [0.2, 0.25) is 0 Å². The molecule has 0 amide bonds. The Bertz CT molecular complexity index is 1960. The Morgan fingerprint density at radius 1 is 1.19 bits per heavy atom. The summed E-state index contributed by atoms with van der Waals surface area (Å²) in [5.74, 6) is -0.0397. The Hall–Kier alpha value is -3.97. The van der Waals surface area contributed by atoms with Crippen LogP contribution in [0.3, 0.4) is 0 Å². The van der Waals surface area contributed by atoms with E-state index in [4.69, 9.17) is 21.1 Å². The van der Waals surface area contributed by atoms with Gasteiger partial charge in [-0.1, -0.05) is 71.0 Å². The number of rotatable bonds is 7. The van der Waals surface area contributed by atoms with Crippen LogP contribution in [-0.4, -0.2) is 17.1 Å². The van der Waals surface area contributed by atoms with Crippen LogP contribution in [0.1, 0.15) is 47.7 Å². The van der Waals surface area contributed by atoms with E-state index >= 15 is 0 Å². The van der Waals surface area contributed by atoms with Gasteiger partial charge in [-0.05, 0) is 66.5 Å². The standard InChI is InChI=1S/C32H25BrClN3O4S/c1-4-40-31(39)27-19(3)36-32-37(28(27)20-11-9-18(2)10-12-20)30(38)26(42-32)14-23-13-24(34)15-25(33)29(23)41-17-22-8-6-5-7-21(22)16-35/h5-15,28H,4,17H2,1-3H3/b26-14-/t28-/m1/s1. The van der Waals surface area contributed by atoms with Gasteiger partial charge >= 0.3 is 5.97 Å². The molecule has 0 aliphatic carbocycles. The van der Waals surface area contributed by atoms with E-state index in [2.05, 4.69) is 27.0 Å². The monoisotopic (exact) mass is 661 g/mol. The lowest BCUT2D eigenvalue weighted by Gasteiger charge is -2.24. The van der Waals surface area contributed by atoms with Gasteiger partial charge in [-0.2, -0.15) is 5.26 Å². The number of thiazole rings is 1. The van der Waals surface area contributed by atoms with Crippen LogP contribution < -0.4 is 19.6 Å². The van der Waals surface area contributed by atoms with Crippen molar-refractivity contribution in [3.05, 3.63) is 129 Å². The number of benzene rings is 3. The van der Waals surface area contributed by atoms with Gasteiger partial charge in [0, 0.05) is 16.1 Å². The summed E-state index contributed by atoms with van der Waals surface area (Å²) in [5, 5.41) is 9.92. The second kappa shape index (κ2) is 12.5. The van der Waals surface area contributed by atoms with Crippen molar-refractivity contribution in [1.82, 2.24) is 4.57 Å². The van der Waals surface area contributed by atoms with Crippen molar-refractivity contribution < 1.29 is 14.3 Å². The van der Waals surface area contributed by atoms with Gasteiger partial charge in [0.05, 0.1) is 44.6 Å². The molecule has 0 unspecified atom stereocenters. The van der Waals surface area contributed by atoms with Crippen LogP contribution >= 0.6 is 38.9 Å². The molecule has 3 aromatic carbocycles. The molecule has 0 N–H and O–H groups in total. The number of carbonyl (C=O) groups is 1. The molecular formula is C32H25BrClN3O4S. The quantitative estimate of drug-likeness (QED) is 0.227. The molecule has 0 fully saturated rings. The van der Waals surface area contributed by atoms with E-state index in [0.717, 1.165) is 16.7 Å². The number of hydrogen-bond acceptors (Lipinski definition) is 7. The van der Waals surface area contributed by atoms with E-state index in [1.165, 1.54) is 11.3 Å². The average Bonchev–Trinajstić information content (AvgIpc) is 3.26. The van der Waals surface area contributed by atoms with Crippen LogP contribution in [0.25, 0.3) is 6.08 Å². The van der Waals surface area contributed by atoms with E-state index < -0.39 is 12.0 Å². The smallest absolute Gasteiger partial charge is 0.338 e. The fourth-order valence-electron chi connectivity index (χ4n) is 4.74. The van der Waals surface area contributed by atoms with Crippen LogP contribution in [0, 0.1) is 18.3 Å². The van der Waals surface area contributed by atoms with E-state index in [1.807, 2.05) is 43.3 Å². The first kappa shape index (κ1) is 29.5. The zero-order valence-corrected chi connectivity index (χ0v) is 26.1. The molecular weight excluding hydrogens is 638 g/mol. The molecule has 5 rings (SSSR count). The van der Waals surface area contributed by atoms with Crippen molar-refractivity contribution in [1.29, 1.82) is 5.26 Å². The van der Waals surface area contributed by atoms with Crippen molar-refractivity contribution in [3.8, 4) is 11.8 Å². The summed E-state index contributed by atoms with van der Waals surface area (Å²) >= 11 is 11.2. The van der Waals surface area contributed by atoms with Gasteiger partial charge in [0.25, 0.3) is 5.56 Å². The zero-order chi connectivity index (χ0) is 30.0. The number of aryl methyl sites for hydroxylation is 1. The third kappa shape index (κ3) is 5.84. The minimum atomic E-state index is -0.702. The summed E-state index contributed by atoms with van der Waals surface area (Å²) in [6.07, 6.45) is 1.71. The summed E-state index contributed by atoms with van der Waals surface area (Å²) in [6, 6.07) is 19.8. The number of halogens is 2. The molecule has 10 heteroatoms. The maximum Gasteiger partial charge on any atom is 0.338 e. The molecule has 1 aromatic heterocycles. The lowest BCUT2D eigenvalue weighted by Crippen LogP contribution is -2.39. The van der Waals surface area contributed by atoms with Crippen LogP contribution in [0.15, 0.2) is 86.2 Å². The summed E-state index contributed by atoms with van der Waals surface area (Å²) < 4.78 is 14.1. The molecule has 4 aromatic rings. The largest absolute Gasteiger partial charge is 0.487 e. The van der Waals surface area contributed by atoms with E-state index in [0.29, 0.717) is 47.0 Å². The number of fused-ring (bicyclic) bond motifs is 1. The summed E-state index contributed by atoms with van der Waals surface area (Å²) in [4.78, 5) is 32.3. The van der Waals surface area contributed by atoms with Gasteiger partial charge in [-0.25, -0.2) is 9.79 Å².